The molecule has 1 aromatic heterocycles. The van der Waals surface area contributed by atoms with E-state index in [1.54, 1.807) is 13.0 Å². The van der Waals surface area contributed by atoms with Crippen LogP contribution < -0.4 is 14.5 Å². The second kappa shape index (κ2) is 9.67. The number of aromatic nitrogens is 2. The third-order valence-electron chi connectivity index (χ3n) is 6.11. The van der Waals surface area contributed by atoms with Gasteiger partial charge in [-0.05, 0) is 43.3 Å². The number of nitrogens with zero attached hydrogens (tertiary/aromatic N) is 5. The maximum Gasteiger partial charge on any atom is 0.243 e. The van der Waals surface area contributed by atoms with Crippen LogP contribution in [-0.4, -0.2) is 60.7 Å². The van der Waals surface area contributed by atoms with Crippen LogP contribution in [0.1, 0.15) is 18.7 Å². The number of carbonyl (C=O) groups is 2. The number of rotatable bonds is 6. The summed E-state index contributed by atoms with van der Waals surface area (Å²) in [5.74, 6) is 1.78. The molecule has 0 bridgehead atoms. The van der Waals surface area contributed by atoms with E-state index in [9.17, 15) is 18.0 Å². The van der Waals surface area contributed by atoms with Gasteiger partial charge in [0, 0.05) is 45.1 Å². The molecule has 36 heavy (non-hydrogen) atoms. The number of anilines is 2. The normalized spacial score (nSPS) is 17.0. The summed E-state index contributed by atoms with van der Waals surface area (Å²) in [6, 6.07) is 17.0. The Hall–Kier alpha value is -3.83. The molecule has 2 saturated heterocycles. The van der Waals surface area contributed by atoms with Crippen molar-refractivity contribution in [3.8, 4) is 11.6 Å². The monoisotopic (exact) mass is 507 g/mol. The smallest absolute Gasteiger partial charge is 0.243 e. The van der Waals surface area contributed by atoms with E-state index in [1.165, 1.54) is 28.6 Å². The minimum absolute atomic E-state index is 0.121. The van der Waals surface area contributed by atoms with Crippen LogP contribution in [0.2, 0.25) is 0 Å². The number of aryl methyl sites for hydroxylation is 1. The lowest BCUT2D eigenvalue weighted by Crippen LogP contribution is -2.49. The van der Waals surface area contributed by atoms with Gasteiger partial charge < -0.3 is 9.64 Å². The first-order valence-corrected chi connectivity index (χ1v) is 13.0. The lowest BCUT2D eigenvalue weighted by atomic mass is 10.3. The first-order chi connectivity index (χ1) is 17.3. The molecule has 0 radical (unpaired) electrons. The Balaban J connectivity index is 1.26. The average Bonchev–Trinajstić information content (AvgIpc) is 3.22. The molecule has 2 fully saturated rings. The highest BCUT2D eigenvalue weighted by Gasteiger charge is 2.32. The highest BCUT2D eigenvalue weighted by molar-refractivity contribution is 7.89. The molecular weight excluding hydrogens is 482 g/mol. The van der Waals surface area contributed by atoms with Crippen molar-refractivity contribution < 1.29 is 22.7 Å². The molecule has 0 spiro atoms. The predicted molar refractivity (Wildman–Crippen MR) is 132 cm³/mol. The van der Waals surface area contributed by atoms with Gasteiger partial charge in [-0.2, -0.15) is 9.29 Å². The topological polar surface area (TPSA) is 113 Å². The van der Waals surface area contributed by atoms with Crippen molar-refractivity contribution in [1.29, 1.82) is 0 Å². The zero-order valence-corrected chi connectivity index (χ0v) is 20.5. The molecule has 11 heteroatoms. The van der Waals surface area contributed by atoms with Gasteiger partial charge in [-0.1, -0.05) is 18.2 Å². The summed E-state index contributed by atoms with van der Waals surface area (Å²) in [5, 5.41) is 0. The van der Waals surface area contributed by atoms with E-state index in [2.05, 4.69) is 9.97 Å². The van der Waals surface area contributed by atoms with Crippen LogP contribution in [0.15, 0.2) is 65.6 Å². The molecule has 3 aromatic rings. The van der Waals surface area contributed by atoms with Gasteiger partial charge in [0.1, 0.15) is 17.4 Å². The number of ether oxygens (including phenoxy) is 1. The number of benzene rings is 2. The second-order valence-corrected chi connectivity index (χ2v) is 10.5. The van der Waals surface area contributed by atoms with Gasteiger partial charge in [-0.15, -0.1) is 0 Å². The molecule has 2 aliphatic rings. The highest BCUT2D eigenvalue weighted by atomic mass is 32.2. The van der Waals surface area contributed by atoms with E-state index in [4.69, 9.17) is 4.74 Å². The Morgan fingerprint density at radius 3 is 2.11 bits per heavy atom. The van der Waals surface area contributed by atoms with Gasteiger partial charge in [-0.3, -0.25) is 14.5 Å². The number of para-hydroxylation sites is 1. The number of amides is 2. The molecule has 0 atom stereocenters. The van der Waals surface area contributed by atoms with Crippen molar-refractivity contribution in [3.05, 3.63) is 66.5 Å². The van der Waals surface area contributed by atoms with Gasteiger partial charge in [0.05, 0.1) is 10.6 Å². The van der Waals surface area contributed by atoms with E-state index in [1.807, 2.05) is 35.2 Å². The fourth-order valence-electron chi connectivity index (χ4n) is 4.29. The van der Waals surface area contributed by atoms with Crippen LogP contribution in [0.25, 0.3) is 0 Å². The zero-order valence-electron chi connectivity index (χ0n) is 19.7. The van der Waals surface area contributed by atoms with E-state index in [-0.39, 0.29) is 42.6 Å². The van der Waals surface area contributed by atoms with Crippen molar-refractivity contribution in [2.24, 2.45) is 0 Å². The fraction of sp³-hybridized carbons (Fsp3) is 0.280. The quantitative estimate of drug-likeness (QED) is 0.468. The summed E-state index contributed by atoms with van der Waals surface area (Å²) in [6.45, 7) is 3.26. The Labute approximate surface area is 209 Å². The van der Waals surface area contributed by atoms with Crippen LogP contribution in [0, 0.1) is 6.92 Å². The number of imide groups is 1. The maximum atomic E-state index is 13.2. The lowest BCUT2D eigenvalue weighted by molar-refractivity contribution is -0.121. The van der Waals surface area contributed by atoms with Crippen molar-refractivity contribution >= 4 is 33.3 Å². The SMILES string of the molecule is Cc1nc(Oc2ccccc2)cc(N2CCN(S(=O)(=O)c3ccc(N4C(=O)CCC4=O)cc3)CC2)n1. The summed E-state index contributed by atoms with van der Waals surface area (Å²) in [5.41, 5.74) is 0.388. The van der Waals surface area contributed by atoms with Crippen molar-refractivity contribution in [2.75, 3.05) is 36.0 Å². The summed E-state index contributed by atoms with van der Waals surface area (Å²) < 4.78 is 33.7. The standard InChI is InChI=1S/C25H25N5O5S/c1-18-26-22(17-23(27-18)35-20-5-3-2-4-6-20)28-13-15-29(16-14-28)36(33,34)21-9-7-19(8-10-21)30-24(31)11-12-25(30)32/h2-10,17H,11-16H2,1H3. The molecule has 0 N–H and O–H groups in total. The van der Waals surface area contributed by atoms with Gasteiger partial charge in [0.2, 0.25) is 27.7 Å². The Kier molecular flexibility index (Phi) is 6.42. The minimum Gasteiger partial charge on any atom is -0.439 e. The third kappa shape index (κ3) is 4.79. The molecule has 3 heterocycles. The predicted octanol–water partition coefficient (Wildman–Crippen LogP) is 2.74. The summed E-state index contributed by atoms with van der Waals surface area (Å²) in [7, 11) is -3.73. The van der Waals surface area contributed by atoms with Gasteiger partial charge in [0.15, 0.2) is 0 Å². The molecule has 0 aliphatic carbocycles. The summed E-state index contributed by atoms with van der Waals surface area (Å²) >= 11 is 0. The van der Waals surface area contributed by atoms with Crippen LogP contribution >= 0.6 is 0 Å². The first kappa shape index (κ1) is 23.9. The number of sulfonamides is 1. The number of hydrogen-bond donors (Lipinski definition) is 0. The van der Waals surface area contributed by atoms with E-state index >= 15 is 0 Å². The van der Waals surface area contributed by atoms with E-state index < -0.39 is 10.0 Å². The molecule has 2 amide bonds. The van der Waals surface area contributed by atoms with Crippen molar-refractivity contribution in [2.45, 2.75) is 24.7 Å². The van der Waals surface area contributed by atoms with E-state index in [0.29, 0.717) is 42.0 Å². The third-order valence-corrected chi connectivity index (χ3v) is 8.03. The highest BCUT2D eigenvalue weighted by Crippen LogP contribution is 2.27. The Bertz CT molecular complexity index is 1370. The minimum atomic E-state index is -3.73. The number of piperazine rings is 1. The Morgan fingerprint density at radius 2 is 1.47 bits per heavy atom. The Morgan fingerprint density at radius 1 is 0.833 bits per heavy atom. The fourth-order valence-corrected chi connectivity index (χ4v) is 5.71. The number of hydrogen-bond acceptors (Lipinski definition) is 8. The number of carbonyl (C=O) groups excluding carboxylic acids is 2. The molecule has 2 aromatic carbocycles. The molecule has 5 rings (SSSR count). The lowest BCUT2D eigenvalue weighted by Gasteiger charge is -2.34. The zero-order chi connectivity index (χ0) is 25.3. The molecule has 186 valence electrons. The second-order valence-electron chi connectivity index (χ2n) is 8.53. The molecule has 0 saturated carbocycles. The van der Waals surface area contributed by atoms with Crippen molar-refractivity contribution in [3.63, 3.8) is 0 Å². The van der Waals surface area contributed by atoms with Gasteiger partial charge in [0.25, 0.3) is 0 Å². The van der Waals surface area contributed by atoms with Crippen LogP contribution in [0.4, 0.5) is 11.5 Å². The molecule has 2 aliphatic heterocycles. The molecular formula is C25H25N5O5S. The maximum absolute atomic E-state index is 13.2. The van der Waals surface area contributed by atoms with Crippen LogP contribution in [0.3, 0.4) is 0 Å². The summed E-state index contributed by atoms with van der Waals surface area (Å²) in [4.78, 5) is 36.0. The van der Waals surface area contributed by atoms with Gasteiger partial charge >= 0.3 is 0 Å². The first-order valence-electron chi connectivity index (χ1n) is 11.6. The largest absolute Gasteiger partial charge is 0.439 e. The molecule has 10 nitrogen and oxygen atoms in total. The van der Waals surface area contributed by atoms with Crippen LogP contribution in [0.5, 0.6) is 11.6 Å². The average molecular weight is 508 g/mol. The van der Waals surface area contributed by atoms with Crippen LogP contribution in [-0.2, 0) is 19.6 Å². The van der Waals surface area contributed by atoms with E-state index in [0.717, 1.165) is 4.90 Å². The molecule has 0 unspecified atom stereocenters. The van der Waals surface area contributed by atoms with Gasteiger partial charge in [-0.25, -0.2) is 13.4 Å². The summed E-state index contributed by atoms with van der Waals surface area (Å²) in [6.07, 6.45) is 0.351. The van der Waals surface area contributed by atoms with Crippen molar-refractivity contribution in [1.82, 2.24) is 14.3 Å².